The van der Waals surface area contributed by atoms with Gasteiger partial charge in [0.25, 0.3) is 5.91 Å². The van der Waals surface area contributed by atoms with Crippen LogP contribution in [0.3, 0.4) is 0 Å². The fourth-order valence-electron chi connectivity index (χ4n) is 3.57. The van der Waals surface area contributed by atoms with Crippen molar-refractivity contribution in [1.82, 2.24) is 20.0 Å². The number of aromatic nitrogens is 2. The highest BCUT2D eigenvalue weighted by molar-refractivity contribution is 5.85. The van der Waals surface area contributed by atoms with Gasteiger partial charge in [-0.25, -0.2) is 0 Å². The van der Waals surface area contributed by atoms with Crippen LogP contribution in [0.25, 0.3) is 0 Å². The van der Waals surface area contributed by atoms with Crippen molar-refractivity contribution >= 4 is 5.91 Å². The normalized spacial score (nSPS) is 26.6. The zero-order chi connectivity index (χ0) is 16.4. The van der Waals surface area contributed by atoms with Gasteiger partial charge < -0.3 is 10.1 Å². The number of rotatable bonds is 4. The molecule has 1 aromatic heterocycles. The van der Waals surface area contributed by atoms with Crippen molar-refractivity contribution in [3.05, 3.63) is 17.5 Å². The molecule has 3 rings (SSSR count). The van der Waals surface area contributed by atoms with Crippen molar-refractivity contribution in [2.45, 2.75) is 57.7 Å². The Kier molecular flexibility index (Phi) is 4.73. The summed E-state index contributed by atoms with van der Waals surface area (Å²) in [5, 5.41) is 7.48. The molecule has 0 spiro atoms. The van der Waals surface area contributed by atoms with E-state index in [1.54, 1.807) is 0 Å². The van der Waals surface area contributed by atoms with E-state index >= 15 is 0 Å². The first-order valence-corrected chi connectivity index (χ1v) is 8.63. The summed E-state index contributed by atoms with van der Waals surface area (Å²) in [6.45, 7) is 6.87. The average Bonchev–Trinajstić information content (AvgIpc) is 3.13. The summed E-state index contributed by atoms with van der Waals surface area (Å²) in [4.78, 5) is 15.0. The molecule has 128 valence electrons. The first-order chi connectivity index (χ1) is 11.0. The predicted molar refractivity (Wildman–Crippen MR) is 88.0 cm³/mol. The second kappa shape index (κ2) is 6.61. The highest BCUT2D eigenvalue weighted by Gasteiger charge is 2.40. The molecule has 1 atom stereocenters. The first-order valence-electron chi connectivity index (χ1n) is 8.63. The van der Waals surface area contributed by atoms with Crippen molar-refractivity contribution in [2.75, 3.05) is 19.7 Å². The Morgan fingerprint density at radius 2 is 2.22 bits per heavy atom. The molecule has 2 fully saturated rings. The molecule has 2 heterocycles. The van der Waals surface area contributed by atoms with Crippen LogP contribution in [0.1, 0.15) is 43.9 Å². The van der Waals surface area contributed by atoms with Gasteiger partial charge >= 0.3 is 0 Å². The van der Waals surface area contributed by atoms with Crippen LogP contribution in [0.15, 0.2) is 6.20 Å². The molecule has 1 aliphatic carbocycles. The van der Waals surface area contributed by atoms with Gasteiger partial charge in [0.15, 0.2) is 5.60 Å². The van der Waals surface area contributed by atoms with Crippen molar-refractivity contribution in [3.8, 4) is 0 Å². The molecule has 1 aliphatic heterocycles. The Balaban J connectivity index is 1.62. The largest absolute Gasteiger partial charge is 0.363 e. The Labute approximate surface area is 138 Å². The first kappa shape index (κ1) is 16.5. The number of ether oxygens (including phenoxy) is 1. The molecular formula is C17H28N4O2. The van der Waals surface area contributed by atoms with Gasteiger partial charge in [-0.15, -0.1) is 0 Å². The third kappa shape index (κ3) is 3.58. The SMILES string of the molecule is Cc1c(CN2CCO[C@](C)(C(=O)NC3CCCC3)C2)cnn1C. The Morgan fingerprint density at radius 3 is 2.87 bits per heavy atom. The van der Waals surface area contributed by atoms with E-state index in [2.05, 4.69) is 22.2 Å². The standard InChI is InChI=1S/C17H28N4O2/c1-13-14(10-18-20(13)3)11-21-8-9-23-17(2,12-21)16(22)19-15-6-4-5-7-15/h10,15H,4-9,11-12H2,1-3H3,(H,19,22)/t17-/m0/s1. The van der Waals surface area contributed by atoms with Gasteiger partial charge in [0.05, 0.1) is 12.8 Å². The van der Waals surface area contributed by atoms with Crippen LogP contribution in [0, 0.1) is 6.92 Å². The lowest BCUT2D eigenvalue weighted by atomic mass is 10.0. The van der Waals surface area contributed by atoms with Gasteiger partial charge in [-0.3, -0.25) is 14.4 Å². The summed E-state index contributed by atoms with van der Waals surface area (Å²) in [5.41, 5.74) is 1.64. The lowest BCUT2D eigenvalue weighted by Crippen LogP contribution is -2.59. The minimum Gasteiger partial charge on any atom is -0.363 e. The predicted octanol–water partition coefficient (Wildman–Crippen LogP) is 1.38. The number of amides is 1. The molecule has 6 heteroatoms. The second-order valence-electron chi connectivity index (χ2n) is 7.12. The van der Waals surface area contributed by atoms with E-state index in [1.807, 2.05) is 24.9 Å². The summed E-state index contributed by atoms with van der Waals surface area (Å²) < 4.78 is 7.76. The van der Waals surface area contributed by atoms with E-state index in [0.717, 1.165) is 25.9 Å². The third-order valence-corrected chi connectivity index (χ3v) is 5.26. The molecule has 23 heavy (non-hydrogen) atoms. The highest BCUT2D eigenvalue weighted by Crippen LogP contribution is 2.23. The van der Waals surface area contributed by atoms with Gasteiger partial charge in [0.2, 0.25) is 0 Å². The number of hydrogen-bond donors (Lipinski definition) is 1. The van der Waals surface area contributed by atoms with Crippen molar-refractivity contribution in [2.24, 2.45) is 7.05 Å². The van der Waals surface area contributed by atoms with Gasteiger partial charge in [-0.1, -0.05) is 12.8 Å². The number of carbonyl (C=O) groups is 1. The molecule has 2 aliphatic rings. The van der Waals surface area contributed by atoms with E-state index < -0.39 is 5.60 Å². The zero-order valence-corrected chi connectivity index (χ0v) is 14.5. The zero-order valence-electron chi connectivity index (χ0n) is 14.5. The summed E-state index contributed by atoms with van der Waals surface area (Å²) in [6.07, 6.45) is 6.55. The van der Waals surface area contributed by atoms with Crippen molar-refractivity contribution in [1.29, 1.82) is 0 Å². The van der Waals surface area contributed by atoms with Crippen LogP contribution in [0.5, 0.6) is 0 Å². The maximum Gasteiger partial charge on any atom is 0.253 e. The molecule has 6 nitrogen and oxygen atoms in total. The maximum atomic E-state index is 12.7. The second-order valence-corrected chi connectivity index (χ2v) is 7.12. The lowest BCUT2D eigenvalue weighted by Gasteiger charge is -2.39. The van der Waals surface area contributed by atoms with Crippen molar-refractivity contribution < 1.29 is 9.53 Å². The quantitative estimate of drug-likeness (QED) is 0.910. The van der Waals surface area contributed by atoms with Crippen LogP contribution >= 0.6 is 0 Å². The molecule has 1 N–H and O–H groups in total. The molecule has 0 unspecified atom stereocenters. The molecule has 1 saturated carbocycles. The average molecular weight is 320 g/mol. The number of morpholine rings is 1. The molecule has 0 bridgehead atoms. The van der Waals surface area contributed by atoms with Crippen LogP contribution in [-0.2, 0) is 23.1 Å². The molecule has 0 aromatic carbocycles. The van der Waals surface area contributed by atoms with E-state index in [9.17, 15) is 4.79 Å². The molecule has 0 radical (unpaired) electrons. The van der Waals surface area contributed by atoms with Gasteiger partial charge in [-0.05, 0) is 26.7 Å². The lowest BCUT2D eigenvalue weighted by molar-refractivity contribution is -0.157. The Morgan fingerprint density at radius 1 is 1.48 bits per heavy atom. The number of hydrogen-bond acceptors (Lipinski definition) is 4. The van der Waals surface area contributed by atoms with Crippen LogP contribution in [-0.4, -0.2) is 51.9 Å². The fourth-order valence-corrected chi connectivity index (χ4v) is 3.57. The summed E-state index contributed by atoms with van der Waals surface area (Å²) >= 11 is 0. The maximum absolute atomic E-state index is 12.7. The molecular weight excluding hydrogens is 292 g/mol. The minimum atomic E-state index is -0.753. The molecule has 1 aromatic rings. The number of nitrogens with zero attached hydrogens (tertiary/aromatic N) is 3. The Bertz CT molecular complexity index is 565. The number of nitrogens with one attached hydrogen (secondary N) is 1. The summed E-state index contributed by atoms with van der Waals surface area (Å²) in [5.74, 6) is 0.0389. The van der Waals surface area contributed by atoms with Crippen LogP contribution < -0.4 is 5.32 Å². The topological polar surface area (TPSA) is 59.4 Å². The monoisotopic (exact) mass is 320 g/mol. The third-order valence-electron chi connectivity index (χ3n) is 5.26. The fraction of sp³-hybridized carbons (Fsp3) is 0.765. The van der Waals surface area contributed by atoms with E-state index in [-0.39, 0.29) is 5.91 Å². The van der Waals surface area contributed by atoms with E-state index in [0.29, 0.717) is 19.2 Å². The molecule has 1 saturated heterocycles. The summed E-state index contributed by atoms with van der Waals surface area (Å²) in [6, 6.07) is 0.332. The Hall–Kier alpha value is -1.40. The highest BCUT2D eigenvalue weighted by atomic mass is 16.5. The van der Waals surface area contributed by atoms with Crippen LogP contribution in [0.2, 0.25) is 0 Å². The van der Waals surface area contributed by atoms with Gasteiger partial charge in [-0.2, -0.15) is 5.10 Å². The number of carbonyl (C=O) groups excluding carboxylic acids is 1. The van der Waals surface area contributed by atoms with Gasteiger partial charge in [0, 0.05) is 44.0 Å². The van der Waals surface area contributed by atoms with E-state index in [1.165, 1.54) is 24.1 Å². The minimum absolute atomic E-state index is 0.0389. The number of aryl methyl sites for hydroxylation is 1. The van der Waals surface area contributed by atoms with Crippen LogP contribution in [0.4, 0.5) is 0 Å². The smallest absolute Gasteiger partial charge is 0.253 e. The van der Waals surface area contributed by atoms with Crippen molar-refractivity contribution in [3.63, 3.8) is 0 Å². The van der Waals surface area contributed by atoms with E-state index in [4.69, 9.17) is 4.74 Å². The van der Waals surface area contributed by atoms with Gasteiger partial charge in [0.1, 0.15) is 0 Å². The summed E-state index contributed by atoms with van der Waals surface area (Å²) in [7, 11) is 1.96. The molecule has 1 amide bonds.